The molecule has 1 unspecified atom stereocenters. The Labute approximate surface area is 119 Å². The molecule has 18 heavy (non-hydrogen) atoms. The van der Waals surface area contributed by atoms with E-state index in [9.17, 15) is 4.79 Å². The van der Waals surface area contributed by atoms with Crippen molar-refractivity contribution in [1.29, 1.82) is 0 Å². The molecule has 1 amide bonds. The van der Waals surface area contributed by atoms with Crippen LogP contribution in [0.4, 0.5) is 5.13 Å². The number of amides is 1. The van der Waals surface area contributed by atoms with E-state index in [2.05, 4.69) is 10.3 Å². The number of benzene rings is 1. The smallest absolute Gasteiger partial charge is 0.243 e. The van der Waals surface area contributed by atoms with Crippen LogP contribution in [-0.2, 0) is 11.2 Å². The number of halogens is 2. The van der Waals surface area contributed by atoms with Gasteiger partial charge >= 0.3 is 0 Å². The van der Waals surface area contributed by atoms with Crippen molar-refractivity contribution in [2.24, 2.45) is 0 Å². The summed E-state index contributed by atoms with van der Waals surface area (Å²) in [5, 5.41) is 3.36. The average Bonchev–Trinajstić information content (AvgIpc) is 2.69. The minimum atomic E-state index is -0.578. The summed E-state index contributed by atoms with van der Waals surface area (Å²) < 4.78 is 0.969. The summed E-state index contributed by atoms with van der Waals surface area (Å²) in [4.78, 5) is 15.9. The number of nitrogens with one attached hydrogen (secondary N) is 1. The molecule has 1 atom stereocenters. The maximum Gasteiger partial charge on any atom is 0.243 e. The third kappa shape index (κ3) is 2.76. The number of rotatable bonds is 3. The number of aryl methyl sites for hydroxylation is 1. The predicted molar refractivity (Wildman–Crippen MR) is 78.0 cm³/mol. The molecular formula is C12H12Cl2N2OS. The highest BCUT2D eigenvalue weighted by atomic mass is 35.5. The van der Waals surface area contributed by atoms with Crippen molar-refractivity contribution in [1.82, 2.24) is 4.98 Å². The number of nitrogens with zero attached hydrogens (tertiary/aromatic N) is 1. The fraction of sp³-hybridized carbons (Fsp3) is 0.333. The van der Waals surface area contributed by atoms with Crippen LogP contribution in [0.25, 0.3) is 10.2 Å². The van der Waals surface area contributed by atoms with E-state index in [1.807, 2.05) is 19.1 Å². The molecule has 0 aliphatic carbocycles. The van der Waals surface area contributed by atoms with Crippen molar-refractivity contribution < 1.29 is 4.79 Å². The molecular weight excluding hydrogens is 291 g/mol. The first-order valence-corrected chi connectivity index (χ1v) is 7.18. The number of carbonyl (C=O) groups excluding carboxylic acids is 1. The molecule has 1 aromatic carbocycles. The Kier molecular flexibility index (Phi) is 4.10. The van der Waals surface area contributed by atoms with E-state index in [4.69, 9.17) is 23.2 Å². The first kappa shape index (κ1) is 13.6. The van der Waals surface area contributed by atoms with E-state index in [1.165, 1.54) is 11.3 Å². The highest BCUT2D eigenvalue weighted by molar-refractivity contribution is 7.22. The molecule has 1 heterocycles. The molecule has 0 saturated heterocycles. The van der Waals surface area contributed by atoms with Crippen LogP contribution in [0, 0.1) is 0 Å². The van der Waals surface area contributed by atoms with Crippen LogP contribution >= 0.6 is 34.5 Å². The van der Waals surface area contributed by atoms with Crippen molar-refractivity contribution in [3.05, 3.63) is 22.7 Å². The van der Waals surface area contributed by atoms with Crippen LogP contribution in [-0.4, -0.2) is 16.3 Å². The minimum absolute atomic E-state index is 0.250. The Morgan fingerprint density at radius 1 is 1.56 bits per heavy atom. The molecule has 0 fully saturated rings. The van der Waals surface area contributed by atoms with Gasteiger partial charge in [-0.15, -0.1) is 11.6 Å². The lowest BCUT2D eigenvalue weighted by Crippen LogP contribution is -2.20. The number of fused-ring (bicyclic) bond motifs is 1. The zero-order chi connectivity index (χ0) is 13.3. The Bertz CT molecular complexity index is 595. The lowest BCUT2D eigenvalue weighted by atomic mass is 10.1. The molecule has 0 bridgehead atoms. The van der Waals surface area contributed by atoms with E-state index in [0.29, 0.717) is 10.2 Å². The van der Waals surface area contributed by atoms with Gasteiger partial charge in [-0.2, -0.15) is 0 Å². The lowest BCUT2D eigenvalue weighted by molar-refractivity contribution is -0.115. The topological polar surface area (TPSA) is 42.0 Å². The molecule has 0 aliphatic rings. The molecule has 1 aromatic heterocycles. The molecule has 3 nitrogen and oxygen atoms in total. The van der Waals surface area contributed by atoms with E-state index < -0.39 is 5.38 Å². The third-order valence-corrected chi connectivity index (χ3v) is 3.85. The Morgan fingerprint density at radius 3 is 2.89 bits per heavy atom. The summed E-state index contributed by atoms with van der Waals surface area (Å²) in [5.41, 5.74) is 1.97. The first-order chi connectivity index (χ1) is 8.51. The molecule has 1 N–H and O–H groups in total. The van der Waals surface area contributed by atoms with E-state index >= 15 is 0 Å². The standard InChI is InChI=1S/C12H12Cl2N2OS/c1-3-7-4-8(14)5-9-10(7)15-12(18-9)16-11(17)6(2)13/h4-6H,3H2,1-2H3,(H,15,16,17). The SMILES string of the molecule is CCc1cc(Cl)cc2sc(NC(=O)C(C)Cl)nc12. The van der Waals surface area contributed by atoms with Gasteiger partial charge in [-0.1, -0.05) is 29.9 Å². The third-order valence-electron chi connectivity index (χ3n) is 2.51. The minimum Gasteiger partial charge on any atom is -0.301 e. The summed E-state index contributed by atoms with van der Waals surface area (Å²) >= 11 is 13.1. The fourth-order valence-electron chi connectivity index (χ4n) is 1.59. The van der Waals surface area contributed by atoms with Gasteiger partial charge in [0.2, 0.25) is 5.91 Å². The number of anilines is 1. The van der Waals surface area contributed by atoms with Gasteiger partial charge in [0.1, 0.15) is 5.38 Å². The number of alkyl halides is 1. The van der Waals surface area contributed by atoms with Gasteiger partial charge in [0.15, 0.2) is 5.13 Å². The number of carbonyl (C=O) groups is 1. The molecule has 6 heteroatoms. The largest absolute Gasteiger partial charge is 0.301 e. The van der Waals surface area contributed by atoms with Crippen LogP contribution in [0.15, 0.2) is 12.1 Å². The van der Waals surface area contributed by atoms with Crippen LogP contribution in [0.5, 0.6) is 0 Å². The number of thiazole rings is 1. The Morgan fingerprint density at radius 2 is 2.28 bits per heavy atom. The van der Waals surface area contributed by atoms with Crippen molar-refractivity contribution in [2.45, 2.75) is 25.6 Å². The second kappa shape index (κ2) is 5.43. The fourth-order valence-corrected chi connectivity index (χ4v) is 2.91. The van der Waals surface area contributed by atoms with Crippen LogP contribution in [0.3, 0.4) is 0 Å². The summed E-state index contributed by atoms with van der Waals surface area (Å²) in [6.45, 7) is 3.67. The summed E-state index contributed by atoms with van der Waals surface area (Å²) in [5.74, 6) is -0.250. The molecule has 0 aliphatic heterocycles. The number of hydrogen-bond acceptors (Lipinski definition) is 3. The molecule has 0 saturated carbocycles. The summed E-state index contributed by atoms with van der Waals surface area (Å²) in [7, 11) is 0. The van der Waals surface area contributed by atoms with Crippen molar-refractivity contribution in [2.75, 3.05) is 5.32 Å². The Hall–Kier alpha value is -0.840. The quantitative estimate of drug-likeness (QED) is 0.868. The lowest BCUT2D eigenvalue weighted by Gasteiger charge is -2.01. The number of hydrogen-bond donors (Lipinski definition) is 1. The molecule has 2 rings (SSSR count). The number of aromatic nitrogens is 1. The van der Waals surface area contributed by atoms with E-state index in [0.717, 1.165) is 22.2 Å². The van der Waals surface area contributed by atoms with Crippen molar-refractivity contribution >= 4 is 55.8 Å². The molecule has 0 spiro atoms. The van der Waals surface area contributed by atoms with Crippen LogP contribution in [0.1, 0.15) is 19.4 Å². The van der Waals surface area contributed by atoms with Gasteiger partial charge in [0.05, 0.1) is 10.2 Å². The zero-order valence-electron chi connectivity index (χ0n) is 9.96. The van der Waals surface area contributed by atoms with Gasteiger partial charge in [-0.3, -0.25) is 4.79 Å². The highest BCUT2D eigenvalue weighted by Crippen LogP contribution is 2.31. The van der Waals surface area contributed by atoms with Gasteiger partial charge in [0.25, 0.3) is 0 Å². The van der Waals surface area contributed by atoms with E-state index in [1.54, 1.807) is 6.92 Å². The predicted octanol–water partition coefficient (Wildman–Crippen LogP) is 4.08. The van der Waals surface area contributed by atoms with Crippen LogP contribution in [0.2, 0.25) is 5.02 Å². The summed E-state index contributed by atoms with van der Waals surface area (Å²) in [6.07, 6.45) is 0.847. The van der Waals surface area contributed by atoms with Gasteiger partial charge in [-0.25, -0.2) is 4.98 Å². The summed E-state index contributed by atoms with van der Waals surface area (Å²) in [6, 6.07) is 3.76. The average molecular weight is 303 g/mol. The second-order valence-electron chi connectivity index (χ2n) is 3.89. The highest BCUT2D eigenvalue weighted by Gasteiger charge is 2.14. The maximum atomic E-state index is 11.5. The van der Waals surface area contributed by atoms with Crippen molar-refractivity contribution in [3.8, 4) is 0 Å². The van der Waals surface area contributed by atoms with Gasteiger partial charge < -0.3 is 5.32 Å². The molecule has 96 valence electrons. The maximum absolute atomic E-state index is 11.5. The second-order valence-corrected chi connectivity index (χ2v) is 6.01. The monoisotopic (exact) mass is 302 g/mol. The van der Waals surface area contributed by atoms with Crippen LogP contribution < -0.4 is 5.32 Å². The molecule has 0 radical (unpaired) electrons. The molecule has 2 aromatic rings. The van der Waals surface area contributed by atoms with Crippen molar-refractivity contribution in [3.63, 3.8) is 0 Å². The van der Waals surface area contributed by atoms with Gasteiger partial charge in [-0.05, 0) is 31.0 Å². The van der Waals surface area contributed by atoms with E-state index in [-0.39, 0.29) is 5.91 Å². The Balaban J connectivity index is 2.41. The normalized spacial score (nSPS) is 12.7. The first-order valence-electron chi connectivity index (χ1n) is 5.55. The van der Waals surface area contributed by atoms with Gasteiger partial charge in [0, 0.05) is 5.02 Å². The zero-order valence-corrected chi connectivity index (χ0v) is 12.3.